The minimum Gasteiger partial charge on any atom is -0.376 e. The number of likely N-dealkylation sites (N-methyl/N-ethyl adjacent to an activating group) is 1. The molecule has 156 valence electrons. The van der Waals surface area contributed by atoms with Crippen LogP contribution >= 0.6 is 0 Å². The van der Waals surface area contributed by atoms with Gasteiger partial charge in [0.25, 0.3) is 0 Å². The van der Waals surface area contributed by atoms with Gasteiger partial charge in [0.1, 0.15) is 5.82 Å². The third-order valence-electron chi connectivity index (χ3n) is 5.50. The Morgan fingerprint density at radius 3 is 2.75 bits per heavy atom. The van der Waals surface area contributed by atoms with E-state index in [1.165, 1.54) is 12.1 Å². The Kier molecular flexibility index (Phi) is 7.06. The van der Waals surface area contributed by atoms with Gasteiger partial charge >= 0.3 is 0 Å². The predicted octanol–water partition coefficient (Wildman–Crippen LogP) is 1.84. The van der Waals surface area contributed by atoms with E-state index in [4.69, 9.17) is 4.74 Å². The first-order chi connectivity index (χ1) is 13.4. The Morgan fingerprint density at radius 1 is 1.32 bits per heavy atom. The van der Waals surface area contributed by atoms with E-state index in [0.717, 1.165) is 18.4 Å². The molecule has 28 heavy (non-hydrogen) atoms. The van der Waals surface area contributed by atoms with Crippen molar-refractivity contribution in [1.82, 2.24) is 9.80 Å². The smallest absolute Gasteiger partial charge is 0.237 e. The zero-order valence-electron chi connectivity index (χ0n) is 16.3. The fraction of sp³-hybridized carbons (Fsp3) is 0.650. The average molecular weight is 413 g/mol. The summed E-state index contributed by atoms with van der Waals surface area (Å²) in [4.78, 5) is 16.8. The van der Waals surface area contributed by atoms with Gasteiger partial charge in [-0.3, -0.25) is 9.69 Å². The van der Waals surface area contributed by atoms with Crippen LogP contribution in [0, 0.1) is 5.82 Å². The van der Waals surface area contributed by atoms with Gasteiger partial charge in [-0.2, -0.15) is 0 Å². The van der Waals surface area contributed by atoms with Gasteiger partial charge in [-0.15, -0.1) is 0 Å². The van der Waals surface area contributed by atoms with Gasteiger partial charge in [-0.25, -0.2) is 12.8 Å². The van der Waals surface area contributed by atoms with Crippen LogP contribution in [0.2, 0.25) is 0 Å². The Hall–Kier alpha value is -1.51. The van der Waals surface area contributed by atoms with Crippen LogP contribution in [-0.4, -0.2) is 74.0 Å². The maximum Gasteiger partial charge on any atom is 0.237 e. The molecule has 0 spiro atoms. The Labute approximate surface area is 166 Å². The molecular weight excluding hydrogens is 383 g/mol. The molecule has 1 aromatic carbocycles. The molecule has 2 atom stereocenters. The van der Waals surface area contributed by atoms with Gasteiger partial charge in [0.05, 0.1) is 24.2 Å². The molecular formula is C20H29FN2O4S. The molecule has 0 aromatic heterocycles. The standard InChI is InChI=1S/C20H29FN2O4S/c1-2-22(12-16-5-3-6-17(21)11-16)14-20(24)23(13-19-7-4-9-27-19)18-8-10-28(25,26)15-18/h3,5-6,11,18-19H,2,4,7-10,12-15H2,1H3. The fourth-order valence-electron chi connectivity index (χ4n) is 3.94. The summed E-state index contributed by atoms with van der Waals surface area (Å²) >= 11 is 0. The second-order valence-electron chi connectivity index (χ2n) is 7.67. The molecule has 2 heterocycles. The number of hydrogen-bond acceptors (Lipinski definition) is 5. The lowest BCUT2D eigenvalue weighted by atomic mass is 10.1. The third kappa shape index (κ3) is 5.75. The van der Waals surface area contributed by atoms with E-state index in [1.54, 1.807) is 11.0 Å². The molecule has 8 heteroatoms. The van der Waals surface area contributed by atoms with Crippen molar-refractivity contribution in [3.63, 3.8) is 0 Å². The molecule has 0 saturated carbocycles. The van der Waals surface area contributed by atoms with Crippen molar-refractivity contribution >= 4 is 15.7 Å². The highest BCUT2D eigenvalue weighted by Crippen LogP contribution is 2.22. The van der Waals surface area contributed by atoms with Crippen LogP contribution < -0.4 is 0 Å². The van der Waals surface area contributed by atoms with Gasteiger partial charge in [-0.05, 0) is 43.5 Å². The van der Waals surface area contributed by atoms with Crippen LogP contribution in [0.5, 0.6) is 0 Å². The average Bonchev–Trinajstić information content (AvgIpc) is 3.28. The molecule has 0 bridgehead atoms. The monoisotopic (exact) mass is 412 g/mol. The lowest BCUT2D eigenvalue weighted by molar-refractivity contribution is -0.136. The highest BCUT2D eigenvalue weighted by atomic mass is 32.2. The number of hydrogen-bond donors (Lipinski definition) is 0. The van der Waals surface area contributed by atoms with Gasteiger partial charge in [-0.1, -0.05) is 19.1 Å². The molecule has 1 amide bonds. The summed E-state index contributed by atoms with van der Waals surface area (Å²) in [7, 11) is -3.08. The SMILES string of the molecule is CCN(CC(=O)N(CC1CCCO1)C1CCS(=O)(=O)C1)Cc1cccc(F)c1. The van der Waals surface area contributed by atoms with Crippen molar-refractivity contribution in [3.8, 4) is 0 Å². The molecule has 0 N–H and O–H groups in total. The van der Waals surface area contributed by atoms with Crippen LogP contribution in [0.1, 0.15) is 31.7 Å². The summed E-state index contributed by atoms with van der Waals surface area (Å²) in [5, 5.41) is 0. The topological polar surface area (TPSA) is 66.9 Å². The quantitative estimate of drug-likeness (QED) is 0.652. The lowest BCUT2D eigenvalue weighted by Crippen LogP contribution is -2.49. The maximum atomic E-state index is 13.5. The van der Waals surface area contributed by atoms with E-state index in [1.807, 2.05) is 17.9 Å². The van der Waals surface area contributed by atoms with Gasteiger partial charge in [0, 0.05) is 25.7 Å². The van der Waals surface area contributed by atoms with Crippen LogP contribution in [-0.2, 0) is 25.9 Å². The number of amides is 1. The van der Waals surface area contributed by atoms with Crippen LogP contribution in [0.4, 0.5) is 4.39 Å². The minimum atomic E-state index is -3.08. The van der Waals surface area contributed by atoms with Crippen molar-refractivity contribution in [1.29, 1.82) is 0 Å². The number of carbonyl (C=O) groups is 1. The highest BCUT2D eigenvalue weighted by Gasteiger charge is 2.36. The number of rotatable bonds is 8. The van der Waals surface area contributed by atoms with E-state index < -0.39 is 9.84 Å². The predicted molar refractivity (Wildman–Crippen MR) is 105 cm³/mol. The summed E-state index contributed by atoms with van der Waals surface area (Å²) in [6.45, 7) is 4.37. The van der Waals surface area contributed by atoms with Crippen LogP contribution in [0.3, 0.4) is 0 Å². The fourth-order valence-corrected chi connectivity index (χ4v) is 5.67. The number of ether oxygens (including phenoxy) is 1. The molecule has 3 rings (SSSR count). The summed E-state index contributed by atoms with van der Waals surface area (Å²) in [6, 6.07) is 6.09. The molecule has 2 aliphatic rings. The summed E-state index contributed by atoms with van der Waals surface area (Å²) in [5.41, 5.74) is 0.809. The number of benzene rings is 1. The number of sulfone groups is 1. The van der Waals surface area contributed by atoms with Crippen molar-refractivity contribution in [3.05, 3.63) is 35.6 Å². The van der Waals surface area contributed by atoms with Crippen molar-refractivity contribution in [2.45, 2.75) is 44.9 Å². The zero-order valence-corrected chi connectivity index (χ0v) is 17.2. The van der Waals surface area contributed by atoms with Gasteiger partial charge in [0.15, 0.2) is 9.84 Å². The normalized spacial score (nSPS) is 24.0. The first-order valence-electron chi connectivity index (χ1n) is 9.94. The van der Waals surface area contributed by atoms with Gasteiger partial charge in [0.2, 0.25) is 5.91 Å². The molecule has 2 saturated heterocycles. The van der Waals surface area contributed by atoms with Crippen molar-refractivity contribution in [2.24, 2.45) is 0 Å². The zero-order chi connectivity index (χ0) is 20.1. The summed E-state index contributed by atoms with van der Waals surface area (Å²) in [6.07, 6.45) is 2.32. The molecule has 2 aliphatic heterocycles. The van der Waals surface area contributed by atoms with E-state index in [-0.39, 0.29) is 41.9 Å². The second-order valence-corrected chi connectivity index (χ2v) is 9.90. The van der Waals surface area contributed by atoms with E-state index in [0.29, 0.717) is 32.7 Å². The van der Waals surface area contributed by atoms with E-state index in [2.05, 4.69) is 0 Å². The number of carbonyl (C=O) groups excluding carboxylic acids is 1. The summed E-state index contributed by atoms with van der Waals surface area (Å²) < 4.78 is 43.0. The Balaban J connectivity index is 1.68. The number of halogens is 1. The molecule has 0 aliphatic carbocycles. The molecule has 2 fully saturated rings. The van der Waals surface area contributed by atoms with Crippen LogP contribution in [0.15, 0.2) is 24.3 Å². The first-order valence-corrected chi connectivity index (χ1v) is 11.8. The molecule has 2 unspecified atom stereocenters. The lowest BCUT2D eigenvalue weighted by Gasteiger charge is -2.32. The van der Waals surface area contributed by atoms with Crippen molar-refractivity contribution in [2.75, 3.05) is 37.7 Å². The summed E-state index contributed by atoms with van der Waals surface area (Å²) in [5.74, 6) is -0.221. The number of nitrogens with zero attached hydrogens (tertiary/aromatic N) is 2. The van der Waals surface area contributed by atoms with Gasteiger partial charge < -0.3 is 9.64 Å². The third-order valence-corrected chi connectivity index (χ3v) is 7.25. The van der Waals surface area contributed by atoms with E-state index >= 15 is 0 Å². The second kappa shape index (κ2) is 9.33. The van der Waals surface area contributed by atoms with Crippen molar-refractivity contribution < 1.29 is 22.3 Å². The maximum absolute atomic E-state index is 13.5. The van der Waals surface area contributed by atoms with Crippen LogP contribution in [0.25, 0.3) is 0 Å². The Morgan fingerprint density at radius 2 is 2.14 bits per heavy atom. The first kappa shape index (κ1) is 21.2. The highest BCUT2D eigenvalue weighted by molar-refractivity contribution is 7.91. The molecule has 0 radical (unpaired) electrons. The molecule has 1 aromatic rings. The molecule has 6 nitrogen and oxygen atoms in total. The largest absolute Gasteiger partial charge is 0.376 e. The minimum absolute atomic E-state index is 0.0226. The van der Waals surface area contributed by atoms with E-state index in [9.17, 15) is 17.6 Å². The Bertz CT molecular complexity index is 780.